The van der Waals surface area contributed by atoms with Crippen molar-refractivity contribution in [1.82, 2.24) is 0 Å². The molecule has 0 saturated carbocycles. The van der Waals surface area contributed by atoms with Crippen LogP contribution in [0.5, 0.6) is 5.75 Å². The monoisotopic (exact) mass is 353 g/mol. The Morgan fingerprint density at radius 2 is 2.05 bits per heavy atom. The number of nitrogens with two attached hydrogens (primary N) is 1. The second-order valence-corrected chi connectivity index (χ2v) is 5.64. The van der Waals surface area contributed by atoms with Crippen LogP contribution in [0.25, 0.3) is 0 Å². The van der Waals surface area contributed by atoms with Crippen molar-refractivity contribution >= 4 is 39.0 Å². The molecule has 5 heteroatoms. The normalized spacial score (nSPS) is 10.3. The van der Waals surface area contributed by atoms with Gasteiger partial charge in [-0.25, -0.2) is 0 Å². The van der Waals surface area contributed by atoms with Crippen LogP contribution in [-0.2, 0) is 6.42 Å². The van der Waals surface area contributed by atoms with Crippen LogP contribution >= 0.6 is 27.5 Å². The van der Waals surface area contributed by atoms with E-state index < -0.39 is 0 Å². The van der Waals surface area contributed by atoms with Crippen LogP contribution in [0, 0.1) is 0 Å². The predicted molar refractivity (Wildman–Crippen MR) is 84.6 cm³/mol. The van der Waals surface area contributed by atoms with Crippen LogP contribution in [0.4, 0.5) is 5.69 Å². The van der Waals surface area contributed by atoms with Gasteiger partial charge in [0.25, 0.3) is 0 Å². The lowest BCUT2D eigenvalue weighted by Crippen LogP contribution is -2.08. The number of carbonyl (C=O) groups is 1. The maximum Gasteiger partial charge on any atom is 0.169 e. The van der Waals surface area contributed by atoms with Crippen LogP contribution in [-0.4, -0.2) is 12.9 Å². The van der Waals surface area contributed by atoms with Crippen LogP contribution in [0.3, 0.4) is 0 Å². The number of methoxy groups -OCH3 is 1. The molecule has 0 saturated heterocycles. The van der Waals surface area contributed by atoms with Crippen molar-refractivity contribution < 1.29 is 9.53 Å². The van der Waals surface area contributed by atoms with E-state index in [9.17, 15) is 4.79 Å². The molecule has 2 aromatic carbocycles. The summed E-state index contributed by atoms with van der Waals surface area (Å²) < 4.78 is 6.08. The molecule has 2 N–H and O–H groups in total. The number of hydrogen-bond acceptors (Lipinski definition) is 3. The minimum Gasteiger partial charge on any atom is -0.496 e. The first kappa shape index (κ1) is 14.9. The van der Waals surface area contributed by atoms with Gasteiger partial charge in [-0.15, -0.1) is 0 Å². The topological polar surface area (TPSA) is 52.3 Å². The maximum absolute atomic E-state index is 12.3. The Balaban J connectivity index is 2.30. The lowest BCUT2D eigenvalue weighted by Gasteiger charge is -2.09. The Morgan fingerprint density at radius 3 is 2.70 bits per heavy atom. The number of ketones is 1. The lowest BCUT2D eigenvalue weighted by molar-refractivity contribution is 0.0993. The van der Waals surface area contributed by atoms with E-state index >= 15 is 0 Å². The van der Waals surface area contributed by atoms with Gasteiger partial charge in [0.1, 0.15) is 5.75 Å². The Morgan fingerprint density at radius 1 is 1.30 bits per heavy atom. The van der Waals surface area contributed by atoms with Crippen molar-refractivity contribution in [3.05, 3.63) is 57.0 Å². The molecular formula is C15H13BrClNO2. The number of anilines is 1. The summed E-state index contributed by atoms with van der Waals surface area (Å²) in [6.07, 6.45) is 0.190. The zero-order valence-corrected chi connectivity index (χ0v) is 13.2. The minimum absolute atomic E-state index is 0.0735. The van der Waals surface area contributed by atoms with Gasteiger partial charge in [-0.2, -0.15) is 0 Å². The number of hydrogen-bond donors (Lipinski definition) is 1. The molecule has 104 valence electrons. The average Bonchev–Trinajstić information content (AvgIpc) is 2.38. The third-order valence-corrected chi connectivity index (χ3v) is 3.64. The molecule has 0 aromatic heterocycles. The average molecular weight is 355 g/mol. The summed E-state index contributed by atoms with van der Waals surface area (Å²) >= 11 is 9.27. The Bertz CT molecular complexity index is 658. The Hall–Kier alpha value is -1.52. The zero-order chi connectivity index (χ0) is 14.7. The van der Waals surface area contributed by atoms with Crippen molar-refractivity contribution in [3.8, 4) is 5.75 Å². The fraction of sp³-hybridized carbons (Fsp3) is 0.133. The van der Waals surface area contributed by atoms with Gasteiger partial charge in [0.05, 0.1) is 7.11 Å². The molecule has 0 atom stereocenters. The largest absolute Gasteiger partial charge is 0.496 e. The van der Waals surface area contributed by atoms with Gasteiger partial charge in [0, 0.05) is 32.7 Å². The molecule has 0 radical (unpaired) electrons. The highest BCUT2D eigenvalue weighted by Gasteiger charge is 2.14. The van der Waals surface area contributed by atoms with Gasteiger partial charge >= 0.3 is 0 Å². The Kier molecular flexibility index (Phi) is 4.68. The van der Waals surface area contributed by atoms with Crippen LogP contribution < -0.4 is 10.5 Å². The standard InChI is InChI=1S/C15H13BrClNO2/c1-20-15-5-3-11(17)6-9(15)7-14(19)12-4-2-10(16)8-13(12)18/h2-6,8H,7,18H2,1H3. The first-order valence-corrected chi connectivity index (χ1v) is 7.09. The van der Waals surface area contributed by atoms with Gasteiger partial charge in [0.2, 0.25) is 0 Å². The SMILES string of the molecule is COc1ccc(Cl)cc1CC(=O)c1ccc(Br)cc1N. The lowest BCUT2D eigenvalue weighted by atomic mass is 10.0. The van der Waals surface area contributed by atoms with Crippen molar-refractivity contribution in [2.75, 3.05) is 12.8 Å². The third-order valence-electron chi connectivity index (χ3n) is 2.91. The fourth-order valence-corrected chi connectivity index (χ4v) is 2.51. The molecule has 0 aliphatic carbocycles. The van der Waals surface area contributed by atoms with E-state index in [2.05, 4.69) is 15.9 Å². The second kappa shape index (κ2) is 6.29. The number of nitrogen functional groups attached to an aromatic ring is 1. The second-order valence-electron chi connectivity index (χ2n) is 4.29. The van der Waals surface area contributed by atoms with E-state index in [1.807, 2.05) is 0 Å². The van der Waals surface area contributed by atoms with Crippen LogP contribution in [0.1, 0.15) is 15.9 Å². The van der Waals surface area contributed by atoms with Crippen molar-refractivity contribution in [2.45, 2.75) is 6.42 Å². The third kappa shape index (κ3) is 3.32. The zero-order valence-electron chi connectivity index (χ0n) is 10.8. The number of halogens is 2. The predicted octanol–water partition coefficient (Wildman–Crippen LogP) is 4.12. The molecule has 0 amide bonds. The summed E-state index contributed by atoms with van der Waals surface area (Å²) in [5.74, 6) is 0.564. The smallest absolute Gasteiger partial charge is 0.169 e. The van der Waals surface area contributed by atoms with Gasteiger partial charge in [0.15, 0.2) is 5.78 Å². The van der Waals surface area contributed by atoms with E-state index in [1.165, 1.54) is 0 Å². The first-order chi connectivity index (χ1) is 9.51. The maximum atomic E-state index is 12.3. The molecule has 0 bridgehead atoms. The summed E-state index contributed by atoms with van der Waals surface area (Å²) in [6.45, 7) is 0. The molecule has 0 aliphatic heterocycles. The highest BCUT2D eigenvalue weighted by molar-refractivity contribution is 9.10. The number of rotatable bonds is 4. The molecule has 0 spiro atoms. The van der Waals surface area contributed by atoms with Gasteiger partial charge < -0.3 is 10.5 Å². The summed E-state index contributed by atoms with van der Waals surface area (Å²) in [6, 6.07) is 10.4. The summed E-state index contributed by atoms with van der Waals surface area (Å²) in [5, 5.41) is 0.567. The quantitative estimate of drug-likeness (QED) is 0.664. The summed E-state index contributed by atoms with van der Waals surface area (Å²) in [4.78, 5) is 12.3. The minimum atomic E-state index is -0.0735. The van der Waals surface area contributed by atoms with E-state index in [4.69, 9.17) is 22.1 Å². The fourth-order valence-electron chi connectivity index (χ4n) is 1.94. The van der Waals surface area contributed by atoms with Crippen molar-refractivity contribution in [1.29, 1.82) is 0 Å². The summed E-state index contributed by atoms with van der Waals surface area (Å²) in [7, 11) is 1.56. The van der Waals surface area contributed by atoms with Crippen molar-refractivity contribution in [3.63, 3.8) is 0 Å². The number of carbonyl (C=O) groups excluding carboxylic acids is 1. The molecule has 0 unspecified atom stereocenters. The Labute approximate surface area is 130 Å². The van der Waals surface area contributed by atoms with Crippen LogP contribution in [0.2, 0.25) is 5.02 Å². The molecule has 0 fully saturated rings. The molecule has 0 heterocycles. The van der Waals surface area contributed by atoms with E-state index in [0.29, 0.717) is 22.0 Å². The first-order valence-electron chi connectivity index (χ1n) is 5.92. The molecular weight excluding hydrogens is 342 g/mol. The van der Waals surface area contributed by atoms with Gasteiger partial charge in [-0.3, -0.25) is 4.79 Å². The van der Waals surface area contributed by atoms with Gasteiger partial charge in [-0.05, 0) is 36.4 Å². The highest BCUT2D eigenvalue weighted by atomic mass is 79.9. The molecule has 20 heavy (non-hydrogen) atoms. The van der Waals surface area contributed by atoms with E-state index in [0.717, 1.165) is 10.0 Å². The highest BCUT2D eigenvalue weighted by Crippen LogP contribution is 2.26. The van der Waals surface area contributed by atoms with Crippen molar-refractivity contribution in [2.24, 2.45) is 0 Å². The summed E-state index contributed by atoms with van der Waals surface area (Å²) in [5.41, 5.74) is 7.56. The molecule has 2 aromatic rings. The number of benzene rings is 2. The van der Waals surface area contributed by atoms with E-state index in [1.54, 1.807) is 43.5 Å². The van der Waals surface area contributed by atoms with E-state index in [-0.39, 0.29) is 12.2 Å². The molecule has 2 rings (SSSR count). The number of ether oxygens (including phenoxy) is 1. The van der Waals surface area contributed by atoms with Crippen LogP contribution in [0.15, 0.2) is 40.9 Å². The van der Waals surface area contributed by atoms with Gasteiger partial charge in [-0.1, -0.05) is 27.5 Å². The number of Topliss-reactive ketones (excluding diaryl/α,β-unsaturated/α-hetero) is 1. The molecule has 3 nitrogen and oxygen atoms in total. The molecule has 0 aliphatic rings.